The molecule has 5 nitrogen and oxygen atoms in total. The average molecular weight is 321 g/mol. The largest absolute Gasteiger partial charge is 0.293 e. The number of sulfonamides is 1. The van der Waals surface area contributed by atoms with E-state index in [0.717, 1.165) is 4.31 Å². The molecule has 0 N–H and O–H groups in total. The Hall–Kier alpha value is -1.99. The minimum Gasteiger partial charge on any atom is -0.293 e. The number of carbonyl (C=O) groups excluding carboxylic acids is 2. The van der Waals surface area contributed by atoms with Crippen LogP contribution in [0.5, 0.6) is 0 Å². The smallest absolute Gasteiger partial charge is 0.269 e. The van der Waals surface area contributed by atoms with Crippen molar-refractivity contribution in [2.75, 3.05) is 6.54 Å². The summed E-state index contributed by atoms with van der Waals surface area (Å²) in [6.07, 6.45) is -0.0144. The lowest BCUT2D eigenvalue weighted by atomic mass is 10.2. The Kier molecular flexibility index (Phi) is 3.38. The monoisotopic (exact) mass is 321 g/mol. The fraction of sp³-hybridized carbons (Fsp3) is 0.143. The van der Waals surface area contributed by atoms with Crippen LogP contribution in [0.25, 0.3) is 0 Å². The summed E-state index contributed by atoms with van der Waals surface area (Å²) < 4.78 is 25.4. The van der Waals surface area contributed by atoms with Crippen LogP contribution < -0.4 is 0 Å². The van der Waals surface area contributed by atoms with E-state index in [1.54, 1.807) is 29.6 Å². The van der Waals surface area contributed by atoms with Gasteiger partial charge in [-0.3, -0.25) is 9.59 Å². The maximum absolute atomic E-state index is 12.3. The molecular weight excluding hydrogens is 310 g/mol. The summed E-state index contributed by atoms with van der Waals surface area (Å²) in [5.74, 6) is -0.728. The van der Waals surface area contributed by atoms with E-state index in [0.29, 0.717) is 4.88 Å². The summed E-state index contributed by atoms with van der Waals surface area (Å²) in [4.78, 5) is 24.7. The summed E-state index contributed by atoms with van der Waals surface area (Å²) in [5, 5.41) is 1.78. The third-order valence-corrected chi connectivity index (χ3v) is 6.00. The number of nitrogens with zero attached hydrogens (tertiary/aromatic N) is 1. The number of rotatable bonds is 4. The first kappa shape index (κ1) is 14.0. The van der Waals surface area contributed by atoms with Gasteiger partial charge in [-0.1, -0.05) is 18.2 Å². The highest BCUT2D eigenvalue weighted by molar-refractivity contribution is 7.90. The van der Waals surface area contributed by atoms with E-state index in [1.165, 1.54) is 23.5 Å². The zero-order valence-electron chi connectivity index (χ0n) is 10.9. The number of thiophene rings is 1. The highest BCUT2D eigenvalue weighted by atomic mass is 32.2. The van der Waals surface area contributed by atoms with Crippen molar-refractivity contribution in [3.63, 3.8) is 0 Å². The third-order valence-electron chi connectivity index (χ3n) is 3.25. The predicted molar refractivity (Wildman–Crippen MR) is 77.9 cm³/mol. The van der Waals surface area contributed by atoms with Gasteiger partial charge < -0.3 is 0 Å². The summed E-state index contributed by atoms with van der Waals surface area (Å²) in [6, 6.07) is 9.52. The highest BCUT2D eigenvalue weighted by Crippen LogP contribution is 2.30. The second-order valence-corrected chi connectivity index (χ2v) is 7.31. The maximum Gasteiger partial charge on any atom is 0.269 e. The van der Waals surface area contributed by atoms with E-state index in [9.17, 15) is 18.0 Å². The van der Waals surface area contributed by atoms with Crippen LogP contribution in [0.1, 0.15) is 26.5 Å². The van der Waals surface area contributed by atoms with Crippen molar-refractivity contribution in [2.45, 2.75) is 11.3 Å². The van der Waals surface area contributed by atoms with Crippen molar-refractivity contribution < 1.29 is 18.0 Å². The number of fused-ring (bicyclic) bond motifs is 1. The predicted octanol–water partition coefficient (Wildman–Crippen LogP) is 2.17. The minimum absolute atomic E-state index is 0.0126. The molecule has 1 aromatic heterocycles. The van der Waals surface area contributed by atoms with E-state index in [2.05, 4.69) is 0 Å². The lowest BCUT2D eigenvalue weighted by Gasteiger charge is -2.14. The molecule has 2 heterocycles. The van der Waals surface area contributed by atoms with Crippen molar-refractivity contribution in [2.24, 2.45) is 0 Å². The molecule has 0 fully saturated rings. The molecule has 21 heavy (non-hydrogen) atoms. The van der Waals surface area contributed by atoms with Crippen LogP contribution in [0.3, 0.4) is 0 Å². The first-order chi connectivity index (χ1) is 10.0. The van der Waals surface area contributed by atoms with Crippen LogP contribution in [-0.2, 0) is 10.0 Å². The number of Topliss-reactive ketones (excluding diaryl/α,β-unsaturated/α-hetero) is 1. The second kappa shape index (κ2) is 5.09. The first-order valence-electron chi connectivity index (χ1n) is 6.24. The number of hydrogen-bond donors (Lipinski definition) is 0. The normalized spacial score (nSPS) is 16.0. The van der Waals surface area contributed by atoms with Gasteiger partial charge in [0, 0.05) is 13.0 Å². The van der Waals surface area contributed by atoms with Crippen LogP contribution in [-0.4, -0.2) is 31.0 Å². The van der Waals surface area contributed by atoms with Crippen LogP contribution in [0.2, 0.25) is 0 Å². The van der Waals surface area contributed by atoms with E-state index in [-0.39, 0.29) is 29.2 Å². The molecule has 1 aliphatic rings. The summed E-state index contributed by atoms with van der Waals surface area (Å²) in [6.45, 7) is -0.132. The van der Waals surface area contributed by atoms with Gasteiger partial charge in [0.05, 0.1) is 10.4 Å². The van der Waals surface area contributed by atoms with Gasteiger partial charge in [0.15, 0.2) is 5.78 Å². The van der Waals surface area contributed by atoms with E-state index >= 15 is 0 Å². The van der Waals surface area contributed by atoms with Crippen LogP contribution >= 0.6 is 11.3 Å². The number of hydrogen-bond acceptors (Lipinski definition) is 5. The highest BCUT2D eigenvalue weighted by Gasteiger charge is 2.40. The first-order valence-corrected chi connectivity index (χ1v) is 8.56. The quantitative estimate of drug-likeness (QED) is 0.809. The van der Waals surface area contributed by atoms with Gasteiger partial charge >= 0.3 is 0 Å². The summed E-state index contributed by atoms with van der Waals surface area (Å²) in [5.41, 5.74) is 0.168. The van der Waals surface area contributed by atoms with Gasteiger partial charge in [0.25, 0.3) is 15.9 Å². The zero-order chi connectivity index (χ0) is 15.0. The van der Waals surface area contributed by atoms with Crippen LogP contribution in [0.15, 0.2) is 46.7 Å². The Balaban J connectivity index is 1.82. The molecule has 1 amide bonds. The SMILES string of the molecule is O=C(CCN1C(=O)c2ccccc2S1(=O)=O)c1cccs1. The van der Waals surface area contributed by atoms with Gasteiger partial charge in [-0.2, -0.15) is 0 Å². The topological polar surface area (TPSA) is 71.5 Å². The standard InChI is InChI=1S/C14H11NO4S2/c16-11(12-5-3-9-20-12)7-8-15-14(17)10-4-1-2-6-13(10)21(15,18)19/h1-6,9H,7-8H2. The molecule has 3 rings (SSSR count). The van der Waals surface area contributed by atoms with Crippen LogP contribution in [0, 0.1) is 0 Å². The van der Waals surface area contributed by atoms with Gasteiger partial charge in [0.1, 0.15) is 4.90 Å². The molecule has 0 saturated heterocycles. The molecular formula is C14H11NO4S2. The average Bonchev–Trinajstić information content (AvgIpc) is 3.06. The minimum atomic E-state index is -3.83. The molecule has 7 heteroatoms. The fourth-order valence-electron chi connectivity index (χ4n) is 2.22. The third kappa shape index (κ3) is 2.28. The Labute approximate surface area is 125 Å². The molecule has 0 spiro atoms. The van der Waals surface area contributed by atoms with Gasteiger partial charge in [-0.15, -0.1) is 11.3 Å². The van der Waals surface area contributed by atoms with Crippen molar-refractivity contribution >= 4 is 33.1 Å². The van der Waals surface area contributed by atoms with Crippen molar-refractivity contribution in [1.82, 2.24) is 4.31 Å². The number of ketones is 1. The lowest BCUT2D eigenvalue weighted by Crippen LogP contribution is -2.32. The van der Waals surface area contributed by atoms with E-state index in [1.807, 2.05) is 0 Å². The molecule has 1 aromatic carbocycles. The van der Waals surface area contributed by atoms with Gasteiger partial charge in [0.2, 0.25) is 0 Å². The molecule has 0 atom stereocenters. The van der Waals surface area contributed by atoms with E-state index < -0.39 is 15.9 Å². The summed E-state index contributed by atoms with van der Waals surface area (Å²) >= 11 is 1.30. The van der Waals surface area contributed by atoms with Crippen molar-refractivity contribution in [1.29, 1.82) is 0 Å². The number of benzene rings is 1. The Morgan fingerprint density at radius 1 is 1.14 bits per heavy atom. The lowest BCUT2D eigenvalue weighted by molar-refractivity contribution is 0.0860. The van der Waals surface area contributed by atoms with Gasteiger partial charge in [-0.05, 0) is 23.6 Å². The molecule has 108 valence electrons. The Morgan fingerprint density at radius 2 is 1.90 bits per heavy atom. The molecule has 1 aliphatic heterocycles. The zero-order valence-corrected chi connectivity index (χ0v) is 12.5. The van der Waals surface area contributed by atoms with Crippen molar-refractivity contribution in [3.05, 3.63) is 52.2 Å². The Morgan fingerprint density at radius 3 is 2.57 bits per heavy atom. The number of carbonyl (C=O) groups is 2. The van der Waals surface area contributed by atoms with Crippen molar-refractivity contribution in [3.8, 4) is 0 Å². The molecule has 0 radical (unpaired) electrons. The molecule has 0 aliphatic carbocycles. The number of amides is 1. The van der Waals surface area contributed by atoms with E-state index in [4.69, 9.17) is 0 Å². The molecule has 0 bridgehead atoms. The van der Waals surface area contributed by atoms with Gasteiger partial charge in [-0.25, -0.2) is 12.7 Å². The summed E-state index contributed by atoms with van der Waals surface area (Å²) in [7, 11) is -3.83. The van der Waals surface area contributed by atoms with Crippen LogP contribution in [0.4, 0.5) is 0 Å². The molecule has 0 saturated carbocycles. The maximum atomic E-state index is 12.3. The Bertz CT molecular complexity index is 809. The fourth-order valence-corrected chi connectivity index (χ4v) is 4.48. The molecule has 0 unspecified atom stereocenters. The second-order valence-electron chi connectivity index (χ2n) is 4.53. The molecule has 2 aromatic rings.